The van der Waals surface area contributed by atoms with Crippen molar-refractivity contribution in [3.05, 3.63) is 11.6 Å². The maximum atomic E-state index is 2.71. The summed E-state index contributed by atoms with van der Waals surface area (Å²) in [6.45, 7) is 20.6. The van der Waals surface area contributed by atoms with Crippen LogP contribution in [0.4, 0.5) is 0 Å². The fraction of sp³-hybridized carbons (Fsp3) is 0.952. The highest BCUT2D eigenvalue weighted by Crippen LogP contribution is 2.68. The minimum absolute atomic E-state index is 0.562. The van der Waals surface area contributed by atoms with Crippen molar-refractivity contribution < 1.29 is 0 Å². The molecule has 0 N–H and O–H groups in total. The van der Waals surface area contributed by atoms with E-state index >= 15 is 0 Å². The monoisotopic (exact) mass is 575 g/mol. The zero-order valence-electron chi connectivity index (χ0n) is 29.4. The third-order valence-corrected chi connectivity index (χ3v) is 18.3. The second-order valence-electron chi connectivity index (χ2n) is 19.7. The van der Waals surface area contributed by atoms with Crippen molar-refractivity contribution in [3.8, 4) is 0 Å². The Bertz CT molecular complexity index is 995. The quantitative estimate of drug-likeness (QED) is 0.252. The van der Waals surface area contributed by atoms with E-state index in [0.717, 1.165) is 65.1 Å². The summed E-state index contributed by atoms with van der Waals surface area (Å²) in [7, 11) is 0. The van der Waals surface area contributed by atoms with Gasteiger partial charge in [-0.2, -0.15) is 0 Å². The summed E-state index contributed by atoms with van der Waals surface area (Å²) in [5.74, 6) is 11.4. The molecule has 7 fully saturated rings. The lowest BCUT2D eigenvalue weighted by Gasteiger charge is -2.61. The van der Waals surface area contributed by atoms with E-state index in [-0.39, 0.29) is 0 Å². The predicted molar refractivity (Wildman–Crippen MR) is 180 cm³/mol. The van der Waals surface area contributed by atoms with Crippen LogP contribution in [0.15, 0.2) is 11.6 Å². The molecule has 0 heteroatoms. The first-order valence-electron chi connectivity index (χ1n) is 19.6. The van der Waals surface area contributed by atoms with Gasteiger partial charge in [0.05, 0.1) is 0 Å². The topological polar surface area (TPSA) is 0 Å². The SMILES string of the molecule is CC1=CCC2C3CCC4C[C@@H](C)CCC4(C)C3CCC12C.CC1CCC2C3CCC4C[C@@H](C)CCC4(C)C3CCC12C. The van der Waals surface area contributed by atoms with Gasteiger partial charge in [0, 0.05) is 0 Å². The van der Waals surface area contributed by atoms with Crippen LogP contribution in [0.1, 0.15) is 165 Å². The number of hydrogen-bond acceptors (Lipinski definition) is 0. The number of allylic oxidation sites excluding steroid dienone is 2. The normalized spacial score (nSPS) is 58.1. The summed E-state index contributed by atoms with van der Waals surface area (Å²) in [4.78, 5) is 0. The molecule has 0 aromatic heterocycles. The average molecular weight is 575 g/mol. The predicted octanol–water partition coefficient (Wildman–Crippen LogP) is 12.5. The van der Waals surface area contributed by atoms with Gasteiger partial charge in [-0.05, 0) is 190 Å². The number of fused-ring (bicyclic) bond motifs is 10. The molecule has 0 aromatic rings. The fourth-order valence-corrected chi connectivity index (χ4v) is 15.0. The Kier molecular flexibility index (Phi) is 7.70. The molecular formula is C42H70. The van der Waals surface area contributed by atoms with E-state index in [0.29, 0.717) is 21.7 Å². The molecule has 13 unspecified atom stereocenters. The lowest BCUT2D eigenvalue weighted by atomic mass is 9.44. The molecule has 0 aliphatic heterocycles. The molecule has 8 rings (SSSR count). The molecule has 0 radical (unpaired) electrons. The molecule has 42 heavy (non-hydrogen) atoms. The molecule has 0 heterocycles. The minimum Gasteiger partial charge on any atom is -0.0847 e. The van der Waals surface area contributed by atoms with Gasteiger partial charge >= 0.3 is 0 Å². The van der Waals surface area contributed by atoms with E-state index in [1.54, 1.807) is 44.1 Å². The highest BCUT2D eigenvalue weighted by molar-refractivity contribution is 5.23. The van der Waals surface area contributed by atoms with E-state index in [2.05, 4.69) is 61.5 Å². The van der Waals surface area contributed by atoms with Crippen LogP contribution >= 0.6 is 0 Å². The van der Waals surface area contributed by atoms with E-state index in [4.69, 9.17) is 0 Å². The third kappa shape index (κ3) is 4.45. The molecule has 0 spiro atoms. The molecule has 0 aromatic carbocycles. The van der Waals surface area contributed by atoms with Crippen molar-refractivity contribution in [2.75, 3.05) is 0 Å². The van der Waals surface area contributed by atoms with Gasteiger partial charge in [-0.1, -0.05) is 73.0 Å². The van der Waals surface area contributed by atoms with E-state index in [9.17, 15) is 0 Å². The fourth-order valence-electron chi connectivity index (χ4n) is 15.0. The second-order valence-corrected chi connectivity index (χ2v) is 19.7. The van der Waals surface area contributed by atoms with Gasteiger partial charge in [0.15, 0.2) is 0 Å². The van der Waals surface area contributed by atoms with Crippen molar-refractivity contribution in [2.24, 2.45) is 86.8 Å². The van der Waals surface area contributed by atoms with Gasteiger partial charge in [0.2, 0.25) is 0 Å². The zero-order valence-corrected chi connectivity index (χ0v) is 29.4. The number of hydrogen-bond donors (Lipinski definition) is 0. The van der Waals surface area contributed by atoms with Crippen molar-refractivity contribution >= 4 is 0 Å². The van der Waals surface area contributed by atoms with Crippen LogP contribution in [-0.4, -0.2) is 0 Å². The molecule has 8 aliphatic rings. The van der Waals surface area contributed by atoms with Crippen molar-refractivity contribution in [3.63, 3.8) is 0 Å². The Morgan fingerprint density at radius 1 is 0.524 bits per heavy atom. The van der Waals surface area contributed by atoms with Crippen LogP contribution in [0.25, 0.3) is 0 Å². The third-order valence-electron chi connectivity index (χ3n) is 18.3. The molecule has 0 nitrogen and oxygen atoms in total. The van der Waals surface area contributed by atoms with Crippen LogP contribution in [0, 0.1) is 86.8 Å². The standard InChI is InChI=1S/C21H36.C21H34/c2*1-14-9-11-21(4)16(13-14)6-7-17-18-8-5-15(2)20(18,3)12-10-19(17)21/h14-19H,5-13H2,1-4H3;5,14,16-19H,6-13H2,1-4H3/t14-,15?,16?,17?,18?,19?,20?,21?;14-,16?,17?,18?,19?,20?,21?/m00/s1. The van der Waals surface area contributed by atoms with Crippen LogP contribution in [0.5, 0.6) is 0 Å². The van der Waals surface area contributed by atoms with Crippen LogP contribution in [0.3, 0.4) is 0 Å². The second kappa shape index (κ2) is 10.6. The Balaban J connectivity index is 0.000000137. The molecular weight excluding hydrogens is 504 g/mol. The number of rotatable bonds is 0. The first kappa shape index (κ1) is 30.4. The maximum Gasteiger partial charge on any atom is -0.00851 e. The molecule has 0 bridgehead atoms. The van der Waals surface area contributed by atoms with Crippen LogP contribution in [0.2, 0.25) is 0 Å². The Morgan fingerprint density at radius 2 is 1.02 bits per heavy atom. The lowest BCUT2D eigenvalue weighted by molar-refractivity contribution is -0.115. The molecule has 0 saturated heterocycles. The summed E-state index contributed by atoms with van der Waals surface area (Å²) in [5.41, 5.74) is 4.38. The highest BCUT2D eigenvalue weighted by atomic mass is 14.6. The van der Waals surface area contributed by atoms with Gasteiger partial charge in [-0.3, -0.25) is 0 Å². The van der Waals surface area contributed by atoms with Crippen molar-refractivity contribution in [2.45, 2.75) is 165 Å². The molecule has 238 valence electrons. The lowest BCUT2D eigenvalue weighted by Crippen LogP contribution is -2.53. The van der Waals surface area contributed by atoms with E-state index in [1.807, 2.05) is 0 Å². The van der Waals surface area contributed by atoms with Crippen molar-refractivity contribution in [1.29, 1.82) is 0 Å². The minimum atomic E-state index is 0.562. The largest absolute Gasteiger partial charge is 0.0847 e. The average Bonchev–Trinajstić information content (AvgIpc) is 3.44. The Hall–Kier alpha value is -0.260. The zero-order chi connectivity index (χ0) is 29.7. The first-order chi connectivity index (χ1) is 19.9. The summed E-state index contributed by atoms with van der Waals surface area (Å²) in [5, 5.41) is 0. The summed E-state index contributed by atoms with van der Waals surface area (Å²) in [6.07, 6.45) is 28.5. The molecule has 8 aliphatic carbocycles. The summed E-state index contributed by atoms with van der Waals surface area (Å²) >= 11 is 0. The first-order valence-corrected chi connectivity index (χ1v) is 19.6. The Morgan fingerprint density at radius 3 is 1.62 bits per heavy atom. The maximum absolute atomic E-state index is 2.71. The van der Waals surface area contributed by atoms with E-state index in [1.165, 1.54) is 70.6 Å². The van der Waals surface area contributed by atoms with Crippen molar-refractivity contribution in [1.82, 2.24) is 0 Å². The molecule has 15 atom stereocenters. The van der Waals surface area contributed by atoms with Crippen LogP contribution < -0.4 is 0 Å². The summed E-state index contributed by atoms with van der Waals surface area (Å²) in [6, 6.07) is 0. The Labute approximate surface area is 262 Å². The highest BCUT2D eigenvalue weighted by Gasteiger charge is 2.60. The summed E-state index contributed by atoms with van der Waals surface area (Å²) < 4.78 is 0. The van der Waals surface area contributed by atoms with Gasteiger partial charge in [-0.15, -0.1) is 0 Å². The van der Waals surface area contributed by atoms with Gasteiger partial charge in [0.25, 0.3) is 0 Å². The van der Waals surface area contributed by atoms with E-state index < -0.39 is 0 Å². The molecule has 0 amide bonds. The van der Waals surface area contributed by atoms with Crippen LogP contribution in [-0.2, 0) is 0 Å². The van der Waals surface area contributed by atoms with Gasteiger partial charge < -0.3 is 0 Å². The van der Waals surface area contributed by atoms with Gasteiger partial charge in [0.1, 0.15) is 0 Å². The van der Waals surface area contributed by atoms with Gasteiger partial charge in [-0.25, -0.2) is 0 Å². The smallest absolute Gasteiger partial charge is 0.00851 e. The molecule has 7 saturated carbocycles.